The molecule has 0 saturated heterocycles. The van der Waals surface area contributed by atoms with E-state index >= 15 is 0 Å². The molecular weight excluding hydrogens is 284 g/mol. The Balaban J connectivity index is 1.94. The van der Waals surface area contributed by atoms with Gasteiger partial charge in [0.1, 0.15) is 21.3 Å². The predicted molar refractivity (Wildman–Crippen MR) is 75.9 cm³/mol. The number of hydrogen-bond donors (Lipinski definition) is 2. The summed E-state index contributed by atoms with van der Waals surface area (Å²) in [6, 6.07) is 7.08. The topological polar surface area (TPSA) is 70.9 Å². The maximum Gasteiger partial charge on any atom is 0.190 e. The highest BCUT2D eigenvalue weighted by molar-refractivity contribution is 7.21. The maximum absolute atomic E-state index is 9.13. The SMILES string of the molecule is OCc1cc(Cl)nc(Nc2nc3cccnc3s2)c1. The van der Waals surface area contributed by atoms with Crippen LogP contribution in [0.4, 0.5) is 10.9 Å². The van der Waals surface area contributed by atoms with Gasteiger partial charge in [-0.15, -0.1) is 0 Å². The van der Waals surface area contributed by atoms with Gasteiger partial charge >= 0.3 is 0 Å². The Hall–Kier alpha value is -1.76. The highest BCUT2D eigenvalue weighted by atomic mass is 35.5. The van der Waals surface area contributed by atoms with Gasteiger partial charge < -0.3 is 10.4 Å². The Morgan fingerprint density at radius 2 is 2.21 bits per heavy atom. The molecule has 3 aromatic rings. The molecule has 3 heterocycles. The third kappa shape index (κ3) is 2.65. The van der Waals surface area contributed by atoms with Crippen LogP contribution in [0.3, 0.4) is 0 Å². The molecular formula is C12H9ClN4OS. The van der Waals surface area contributed by atoms with E-state index in [2.05, 4.69) is 20.3 Å². The van der Waals surface area contributed by atoms with E-state index in [9.17, 15) is 0 Å². The zero-order valence-corrected chi connectivity index (χ0v) is 11.2. The van der Waals surface area contributed by atoms with Crippen molar-refractivity contribution in [3.8, 4) is 0 Å². The summed E-state index contributed by atoms with van der Waals surface area (Å²) in [5, 5.41) is 13.2. The molecule has 19 heavy (non-hydrogen) atoms. The van der Waals surface area contributed by atoms with Crippen molar-refractivity contribution >= 4 is 44.2 Å². The first-order chi connectivity index (χ1) is 9.24. The van der Waals surface area contributed by atoms with Crippen LogP contribution in [0.5, 0.6) is 0 Å². The molecule has 0 bridgehead atoms. The highest BCUT2D eigenvalue weighted by Gasteiger charge is 2.06. The lowest BCUT2D eigenvalue weighted by atomic mass is 10.3. The van der Waals surface area contributed by atoms with E-state index in [1.165, 1.54) is 11.3 Å². The third-order valence-electron chi connectivity index (χ3n) is 2.44. The van der Waals surface area contributed by atoms with Gasteiger partial charge in [0.2, 0.25) is 0 Å². The van der Waals surface area contributed by atoms with Crippen LogP contribution < -0.4 is 5.32 Å². The van der Waals surface area contributed by atoms with Crippen molar-refractivity contribution in [2.75, 3.05) is 5.32 Å². The van der Waals surface area contributed by atoms with E-state index in [0.29, 0.717) is 21.7 Å². The number of hydrogen-bond acceptors (Lipinski definition) is 6. The van der Waals surface area contributed by atoms with Crippen LogP contribution in [0.1, 0.15) is 5.56 Å². The van der Waals surface area contributed by atoms with Gasteiger partial charge in [0.15, 0.2) is 5.13 Å². The van der Waals surface area contributed by atoms with Crippen molar-refractivity contribution in [1.82, 2.24) is 15.0 Å². The lowest BCUT2D eigenvalue weighted by Gasteiger charge is -2.04. The molecule has 0 atom stereocenters. The third-order valence-corrected chi connectivity index (χ3v) is 3.53. The molecule has 0 radical (unpaired) electrons. The number of thiazole rings is 1. The predicted octanol–water partition coefficient (Wildman–Crippen LogP) is 2.98. The van der Waals surface area contributed by atoms with Gasteiger partial charge in [-0.25, -0.2) is 15.0 Å². The van der Waals surface area contributed by atoms with Crippen molar-refractivity contribution in [3.05, 3.63) is 41.2 Å². The first kappa shape index (κ1) is 12.3. The van der Waals surface area contributed by atoms with Crippen molar-refractivity contribution in [2.45, 2.75) is 6.61 Å². The van der Waals surface area contributed by atoms with E-state index in [-0.39, 0.29) is 6.61 Å². The van der Waals surface area contributed by atoms with Crippen LogP contribution in [0.2, 0.25) is 5.15 Å². The van der Waals surface area contributed by atoms with Gasteiger partial charge in [-0.3, -0.25) is 0 Å². The van der Waals surface area contributed by atoms with E-state index in [1.807, 2.05) is 12.1 Å². The summed E-state index contributed by atoms with van der Waals surface area (Å²) in [5.74, 6) is 0.551. The van der Waals surface area contributed by atoms with Crippen LogP contribution in [-0.2, 0) is 6.61 Å². The molecule has 0 aliphatic rings. The summed E-state index contributed by atoms with van der Waals surface area (Å²) in [6.45, 7) is -0.0850. The number of nitrogens with one attached hydrogen (secondary N) is 1. The number of aliphatic hydroxyl groups excluding tert-OH is 1. The average Bonchev–Trinajstić information content (AvgIpc) is 2.80. The second-order valence-corrected chi connectivity index (χ2v) is 5.18. The second kappa shape index (κ2) is 5.08. The fraction of sp³-hybridized carbons (Fsp3) is 0.0833. The number of nitrogens with zero attached hydrogens (tertiary/aromatic N) is 3. The Labute approximate surface area is 117 Å². The molecule has 7 heteroatoms. The molecule has 0 spiro atoms. The Kier molecular flexibility index (Phi) is 3.29. The molecule has 0 aliphatic heterocycles. The molecule has 0 fully saturated rings. The second-order valence-electron chi connectivity index (χ2n) is 3.81. The summed E-state index contributed by atoms with van der Waals surface area (Å²) in [7, 11) is 0. The van der Waals surface area contributed by atoms with Gasteiger partial charge in [-0.2, -0.15) is 0 Å². The van der Waals surface area contributed by atoms with E-state index in [4.69, 9.17) is 16.7 Å². The first-order valence-electron chi connectivity index (χ1n) is 5.50. The van der Waals surface area contributed by atoms with E-state index < -0.39 is 0 Å². The normalized spacial score (nSPS) is 10.8. The number of aromatic nitrogens is 3. The molecule has 96 valence electrons. The van der Waals surface area contributed by atoms with Crippen molar-refractivity contribution in [1.29, 1.82) is 0 Å². The number of aliphatic hydroxyl groups is 1. The number of anilines is 2. The van der Waals surface area contributed by atoms with Crippen LogP contribution in [0.25, 0.3) is 10.3 Å². The lowest BCUT2D eigenvalue weighted by molar-refractivity contribution is 0.282. The van der Waals surface area contributed by atoms with Gasteiger partial charge in [-0.1, -0.05) is 22.9 Å². The van der Waals surface area contributed by atoms with Crippen LogP contribution >= 0.6 is 22.9 Å². The molecule has 5 nitrogen and oxygen atoms in total. The minimum absolute atomic E-state index is 0.0850. The molecule has 0 unspecified atom stereocenters. The fourth-order valence-electron chi connectivity index (χ4n) is 1.64. The zero-order chi connectivity index (χ0) is 13.2. The summed E-state index contributed by atoms with van der Waals surface area (Å²) >= 11 is 7.31. The fourth-order valence-corrected chi connectivity index (χ4v) is 2.68. The maximum atomic E-state index is 9.13. The van der Waals surface area contributed by atoms with E-state index in [1.54, 1.807) is 18.3 Å². The van der Waals surface area contributed by atoms with Crippen LogP contribution in [-0.4, -0.2) is 20.1 Å². The number of fused-ring (bicyclic) bond motifs is 1. The molecule has 0 aliphatic carbocycles. The standard InChI is InChI=1S/C12H9ClN4OS/c13-9-4-7(6-18)5-10(16-9)17-12-15-8-2-1-3-14-11(8)19-12/h1-5,18H,6H2,(H,15,16,17). The smallest absolute Gasteiger partial charge is 0.190 e. The van der Waals surface area contributed by atoms with Crippen molar-refractivity contribution in [2.24, 2.45) is 0 Å². The summed E-state index contributed by atoms with van der Waals surface area (Å²) < 4.78 is 0. The van der Waals surface area contributed by atoms with Gasteiger partial charge in [0, 0.05) is 6.20 Å². The van der Waals surface area contributed by atoms with Gasteiger partial charge in [0.05, 0.1) is 6.61 Å². The minimum Gasteiger partial charge on any atom is -0.392 e. The number of halogens is 1. The summed E-state index contributed by atoms with van der Waals surface area (Å²) in [4.78, 5) is 13.6. The average molecular weight is 293 g/mol. The van der Waals surface area contributed by atoms with Crippen LogP contribution in [0.15, 0.2) is 30.5 Å². The van der Waals surface area contributed by atoms with Gasteiger partial charge in [-0.05, 0) is 29.8 Å². The molecule has 0 amide bonds. The Bertz CT molecular complexity index is 698. The van der Waals surface area contributed by atoms with Gasteiger partial charge in [0.25, 0.3) is 0 Å². The molecule has 3 rings (SSSR count). The van der Waals surface area contributed by atoms with Crippen molar-refractivity contribution in [3.63, 3.8) is 0 Å². The first-order valence-corrected chi connectivity index (χ1v) is 6.70. The number of rotatable bonds is 3. The molecule has 0 aromatic carbocycles. The summed E-state index contributed by atoms with van der Waals surface area (Å²) in [6.07, 6.45) is 1.73. The Morgan fingerprint density at radius 1 is 1.32 bits per heavy atom. The minimum atomic E-state index is -0.0850. The zero-order valence-electron chi connectivity index (χ0n) is 9.67. The Morgan fingerprint density at radius 3 is 3.00 bits per heavy atom. The number of pyridine rings is 2. The molecule has 0 saturated carbocycles. The van der Waals surface area contributed by atoms with Crippen LogP contribution in [0, 0.1) is 0 Å². The lowest BCUT2D eigenvalue weighted by Crippen LogP contribution is -1.95. The quantitative estimate of drug-likeness (QED) is 0.726. The van der Waals surface area contributed by atoms with E-state index in [0.717, 1.165) is 10.3 Å². The molecule has 2 N–H and O–H groups in total. The summed E-state index contributed by atoms with van der Waals surface area (Å²) in [5.41, 5.74) is 1.53. The molecule has 3 aromatic heterocycles. The highest BCUT2D eigenvalue weighted by Crippen LogP contribution is 2.26. The van der Waals surface area contributed by atoms with Crippen molar-refractivity contribution < 1.29 is 5.11 Å². The monoisotopic (exact) mass is 292 g/mol. The largest absolute Gasteiger partial charge is 0.392 e.